The van der Waals surface area contributed by atoms with Crippen molar-refractivity contribution in [2.24, 2.45) is 0 Å². The summed E-state index contributed by atoms with van der Waals surface area (Å²) in [5.41, 5.74) is 0.00717. The SMILES string of the molecule is OC[C@H]1OC(n2cc3c(O)nc(O)nc3n2)[C@H](O)[C@@H]1O. The number of rotatable bonds is 2. The van der Waals surface area contributed by atoms with Crippen LogP contribution in [0.15, 0.2) is 6.20 Å². The molecule has 1 unspecified atom stereocenters. The van der Waals surface area contributed by atoms with Gasteiger partial charge in [-0.15, -0.1) is 5.10 Å². The molecule has 0 spiro atoms. The largest absolute Gasteiger partial charge is 0.493 e. The summed E-state index contributed by atoms with van der Waals surface area (Å²) in [6.07, 6.45) is -3.23. The number of ether oxygens (including phenoxy) is 1. The molecule has 1 aliphatic rings. The molecule has 0 amide bonds. The van der Waals surface area contributed by atoms with Gasteiger partial charge in [0.1, 0.15) is 23.7 Å². The summed E-state index contributed by atoms with van der Waals surface area (Å²) in [5.74, 6) is -0.467. The highest BCUT2D eigenvalue weighted by atomic mass is 16.6. The Bertz CT molecular complexity index is 646. The first kappa shape index (κ1) is 13.0. The monoisotopic (exact) mass is 284 g/mol. The molecule has 0 radical (unpaired) electrons. The lowest BCUT2D eigenvalue weighted by Crippen LogP contribution is -2.33. The molecule has 5 N–H and O–H groups in total. The van der Waals surface area contributed by atoms with E-state index in [1.54, 1.807) is 0 Å². The number of nitrogens with zero attached hydrogens (tertiary/aromatic N) is 4. The van der Waals surface area contributed by atoms with Crippen LogP contribution in [0.25, 0.3) is 11.0 Å². The van der Waals surface area contributed by atoms with Crippen LogP contribution in [0.5, 0.6) is 11.9 Å². The van der Waals surface area contributed by atoms with E-state index in [1.165, 1.54) is 6.20 Å². The number of hydrogen-bond acceptors (Lipinski definition) is 9. The van der Waals surface area contributed by atoms with Crippen LogP contribution in [0.3, 0.4) is 0 Å². The normalized spacial score (nSPS) is 30.1. The first-order valence-corrected chi connectivity index (χ1v) is 5.78. The second-order valence-electron chi connectivity index (χ2n) is 4.42. The Kier molecular flexibility index (Phi) is 2.94. The van der Waals surface area contributed by atoms with Gasteiger partial charge in [-0.1, -0.05) is 0 Å². The van der Waals surface area contributed by atoms with E-state index >= 15 is 0 Å². The zero-order valence-corrected chi connectivity index (χ0v) is 10.0. The lowest BCUT2D eigenvalue weighted by atomic mass is 10.1. The summed E-state index contributed by atoms with van der Waals surface area (Å²) in [5, 5.41) is 51.4. The lowest BCUT2D eigenvalue weighted by Gasteiger charge is -2.14. The number of aromatic hydroxyl groups is 2. The van der Waals surface area contributed by atoms with Crippen molar-refractivity contribution in [2.45, 2.75) is 24.5 Å². The molecule has 10 nitrogen and oxygen atoms in total. The molecule has 10 heteroatoms. The quantitative estimate of drug-likeness (QED) is 0.415. The summed E-state index contributed by atoms with van der Waals surface area (Å²) < 4.78 is 6.42. The number of hydrogen-bond donors (Lipinski definition) is 5. The van der Waals surface area contributed by atoms with Crippen molar-refractivity contribution in [3.05, 3.63) is 6.20 Å². The number of aliphatic hydroxyl groups is 3. The molecule has 0 bridgehead atoms. The van der Waals surface area contributed by atoms with Crippen molar-refractivity contribution in [3.63, 3.8) is 0 Å². The zero-order valence-electron chi connectivity index (χ0n) is 10.0. The molecule has 2 aromatic rings. The molecule has 1 aliphatic heterocycles. The minimum Gasteiger partial charge on any atom is -0.493 e. The Morgan fingerprint density at radius 3 is 2.60 bits per heavy atom. The molecular formula is C10H12N4O6. The number of aromatic nitrogens is 4. The van der Waals surface area contributed by atoms with Crippen LogP contribution in [0, 0.1) is 0 Å². The van der Waals surface area contributed by atoms with Crippen LogP contribution in [0.1, 0.15) is 6.23 Å². The van der Waals surface area contributed by atoms with Crippen LogP contribution >= 0.6 is 0 Å². The average Bonchev–Trinajstić information content (AvgIpc) is 2.93. The van der Waals surface area contributed by atoms with Crippen molar-refractivity contribution < 1.29 is 30.3 Å². The maximum absolute atomic E-state index is 9.87. The van der Waals surface area contributed by atoms with Gasteiger partial charge >= 0.3 is 6.01 Å². The van der Waals surface area contributed by atoms with Crippen molar-refractivity contribution >= 4 is 11.0 Å². The van der Waals surface area contributed by atoms with Crippen molar-refractivity contribution in [1.29, 1.82) is 0 Å². The van der Waals surface area contributed by atoms with E-state index in [9.17, 15) is 20.4 Å². The third-order valence-corrected chi connectivity index (χ3v) is 3.14. The third-order valence-electron chi connectivity index (χ3n) is 3.14. The fourth-order valence-corrected chi connectivity index (χ4v) is 2.13. The second-order valence-corrected chi connectivity index (χ2v) is 4.42. The molecule has 108 valence electrons. The van der Waals surface area contributed by atoms with Crippen LogP contribution < -0.4 is 0 Å². The molecule has 3 rings (SSSR count). The Labute approximate surface area is 111 Å². The van der Waals surface area contributed by atoms with E-state index in [0.717, 1.165) is 4.68 Å². The van der Waals surface area contributed by atoms with E-state index in [2.05, 4.69) is 15.1 Å². The van der Waals surface area contributed by atoms with Crippen LogP contribution in [0.4, 0.5) is 0 Å². The standard InChI is InChI=1S/C10H12N4O6/c15-2-4-5(16)6(17)9(20-4)14-1-3-7(13-14)11-10(19)12-8(3)18/h1,4-6,9,15-17H,2H2,(H2,11,12,13,18,19)/t4-,5-,6-,9?/m1/s1. The molecule has 3 heterocycles. The van der Waals surface area contributed by atoms with Gasteiger partial charge in [-0.05, 0) is 0 Å². The van der Waals surface area contributed by atoms with Crippen molar-refractivity contribution in [2.75, 3.05) is 6.61 Å². The van der Waals surface area contributed by atoms with Gasteiger partial charge in [0.15, 0.2) is 11.9 Å². The number of fused-ring (bicyclic) bond motifs is 1. The van der Waals surface area contributed by atoms with Crippen LogP contribution in [-0.2, 0) is 4.74 Å². The van der Waals surface area contributed by atoms with Gasteiger partial charge in [-0.2, -0.15) is 9.97 Å². The average molecular weight is 284 g/mol. The molecule has 0 aromatic carbocycles. The Balaban J connectivity index is 2.01. The Hall–Kier alpha value is -2.01. The van der Waals surface area contributed by atoms with Gasteiger partial charge in [-0.3, -0.25) is 0 Å². The first-order valence-electron chi connectivity index (χ1n) is 5.78. The van der Waals surface area contributed by atoms with Gasteiger partial charge in [-0.25, -0.2) is 4.68 Å². The van der Waals surface area contributed by atoms with Gasteiger partial charge in [0.05, 0.1) is 6.61 Å². The summed E-state index contributed by atoms with van der Waals surface area (Å²) in [6, 6.07) is -0.638. The molecule has 2 aromatic heterocycles. The van der Waals surface area contributed by atoms with Crippen LogP contribution in [-0.4, -0.2) is 70.2 Å². The van der Waals surface area contributed by atoms with Crippen molar-refractivity contribution in [3.8, 4) is 11.9 Å². The van der Waals surface area contributed by atoms with E-state index in [1.807, 2.05) is 0 Å². The summed E-state index contributed by atoms with van der Waals surface area (Å²) in [7, 11) is 0. The minimum absolute atomic E-state index is 0.00717. The maximum atomic E-state index is 9.87. The summed E-state index contributed by atoms with van der Waals surface area (Å²) >= 11 is 0. The Morgan fingerprint density at radius 1 is 1.20 bits per heavy atom. The van der Waals surface area contributed by atoms with Crippen molar-refractivity contribution in [1.82, 2.24) is 19.7 Å². The van der Waals surface area contributed by atoms with E-state index in [-0.39, 0.29) is 11.0 Å². The van der Waals surface area contributed by atoms with Gasteiger partial charge in [0.25, 0.3) is 0 Å². The molecule has 1 fully saturated rings. The molecular weight excluding hydrogens is 272 g/mol. The highest BCUT2D eigenvalue weighted by Gasteiger charge is 2.43. The van der Waals surface area contributed by atoms with Gasteiger partial charge in [0, 0.05) is 6.20 Å². The van der Waals surface area contributed by atoms with Crippen LogP contribution in [0.2, 0.25) is 0 Å². The molecule has 20 heavy (non-hydrogen) atoms. The summed E-state index contributed by atoms with van der Waals surface area (Å²) in [4.78, 5) is 6.98. The zero-order chi connectivity index (χ0) is 14.4. The summed E-state index contributed by atoms with van der Waals surface area (Å²) in [6.45, 7) is -0.457. The highest BCUT2D eigenvalue weighted by Crippen LogP contribution is 2.31. The highest BCUT2D eigenvalue weighted by molar-refractivity contribution is 5.79. The maximum Gasteiger partial charge on any atom is 0.319 e. The second kappa shape index (κ2) is 4.52. The molecule has 0 aliphatic carbocycles. The fraction of sp³-hybridized carbons (Fsp3) is 0.500. The van der Waals surface area contributed by atoms with E-state index < -0.39 is 43.0 Å². The lowest BCUT2D eigenvalue weighted by molar-refractivity contribution is -0.0583. The molecule has 0 saturated carbocycles. The van der Waals surface area contributed by atoms with E-state index in [4.69, 9.17) is 9.84 Å². The van der Waals surface area contributed by atoms with Gasteiger partial charge < -0.3 is 30.3 Å². The van der Waals surface area contributed by atoms with E-state index in [0.29, 0.717) is 0 Å². The fourth-order valence-electron chi connectivity index (χ4n) is 2.13. The molecule has 4 atom stereocenters. The predicted molar refractivity (Wildman–Crippen MR) is 61.7 cm³/mol. The first-order chi connectivity index (χ1) is 9.51. The third kappa shape index (κ3) is 1.86. The molecule has 1 saturated heterocycles. The number of aliphatic hydroxyl groups excluding tert-OH is 3. The van der Waals surface area contributed by atoms with Gasteiger partial charge in [0.2, 0.25) is 5.88 Å². The minimum atomic E-state index is -1.30. The Morgan fingerprint density at radius 2 is 1.95 bits per heavy atom. The predicted octanol–water partition coefficient (Wildman–Crippen LogP) is -2.15. The smallest absolute Gasteiger partial charge is 0.319 e. The topological polar surface area (TPSA) is 154 Å².